The summed E-state index contributed by atoms with van der Waals surface area (Å²) in [6, 6.07) is 6.95. The zero-order valence-electron chi connectivity index (χ0n) is 9.08. The van der Waals surface area contributed by atoms with Gasteiger partial charge in [0.15, 0.2) is 5.82 Å². The Morgan fingerprint density at radius 1 is 1.41 bits per heavy atom. The van der Waals surface area contributed by atoms with Crippen LogP contribution in [0.3, 0.4) is 0 Å². The summed E-state index contributed by atoms with van der Waals surface area (Å²) in [7, 11) is 1.61. The van der Waals surface area contributed by atoms with Crippen LogP contribution >= 0.6 is 0 Å². The Hall–Kier alpha value is -2.57. The van der Waals surface area contributed by atoms with Gasteiger partial charge in [-0.2, -0.15) is 0 Å². The van der Waals surface area contributed by atoms with Gasteiger partial charge >= 0.3 is 6.09 Å². The topological polar surface area (TPSA) is 106 Å². The predicted octanol–water partition coefficient (Wildman–Crippen LogP) is 1.15. The molecular formula is C10H11N5O2. The molecule has 0 bridgehead atoms. The number of carboxylic acid groups (broad SMARTS) is 1. The number of hydrogen-bond acceptors (Lipinski definition) is 4. The van der Waals surface area contributed by atoms with Crippen LogP contribution in [0.25, 0.3) is 11.3 Å². The van der Waals surface area contributed by atoms with E-state index in [1.165, 1.54) is 4.68 Å². The maximum Gasteiger partial charge on any atom is 0.410 e. The van der Waals surface area contributed by atoms with Gasteiger partial charge in [-0.25, -0.2) is 9.48 Å². The fraction of sp³-hybridized carbons (Fsp3) is 0.100. The number of benzene rings is 1. The highest BCUT2D eigenvalue weighted by Gasteiger charge is 2.14. The minimum atomic E-state index is -1.16. The fourth-order valence-corrected chi connectivity index (χ4v) is 1.43. The van der Waals surface area contributed by atoms with Gasteiger partial charge in [0.1, 0.15) is 5.69 Å². The van der Waals surface area contributed by atoms with Crippen molar-refractivity contribution in [2.24, 2.45) is 7.05 Å². The third-order valence-corrected chi connectivity index (χ3v) is 2.24. The normalized spacial score (nSPS) is 10.2. The van der Waals surface area contributed by atoms with Gasteiger partial charge in [0.05, 0.1) is 0 Å². The fourth-order valence-electron chi connectivity index (χ4n) is 1.43. The van der Waals surface area contributed by atoms with Crippen LogP contribution in [0, 0.1) is 0 Å². The number of rotatable bonds is 2. The number of aromatic nitrogens is 3. The lowest BCUT2D eigenvalue weighted by Crippen LogP contribution is -2.11. The largest absolute Gasteiger partial charge is 0.465 e. The van der Waals surface area contributed by atoms with Crippen LogP contribution in [0.2, 0.25) is 0 Å². The summed E-state index contributed by atoms with van der Waals surface area (Å²) in [5, 5.41) is 18.7. The van der Waals surface area contributed by atoms with E-state index in [-0.39, 0.29) is 0 Å². The smallest absolute Gasteiger partial charge is 0.410 e. The molecular weight excluding hydrogens is 222 g/mol. The average molecular weight is 233 g/mol. The summed E-state index contributed by atoms with van der Waals surface area (Å²) in [6.07, 6.45) is -1.16. The van der Waals surface area contributed by atoms with Gasteiger partial charge in [-0.15, -0.1) is 5.10 Å². The average Bonchev–Trinajstić information content (AvgIpc) is 2.61. The molecule has 0 atom stereocenters. The number of nitrogen functional groups attached to an aromatic ring is 1. The molecule has 7 heteroatoms. The Morgan fingerprint density at radius 2 is 2.06 bits per heavy atom. The molecule has 4 N–H and O–H groups in total. The number of nitrogens with one attached hydrogen (secondary N) is 1. The molecule has 2 rings (SSSR count). The highest BCUT2D eigenvalue weighted by Crippen LogP contribution is 2.25. The van der Waals surface area contributed by atoms with Gasteiger partial charge in [0.25, 0.3) is 0 Å². The zero-order valence-corrected chi connectivity index (χ0v) is 9.08. The Balaban J connectivity index is 2.45. The highest BCUT2D eigenvalue weighted by molar-refractivity contribution is 5.87. The Bertz CT molecular complexity index is 546. The van der Waals surface area contributed by atoms with Crippen molar-refractivity contribution in [1.29, 1.82) is 0 Å². The first kappa shape index (κ1) is 10.9. The Labute approximate surface area is 96.9 Å². The van der Waals surface area contributed by atoms with E-state index < -0.39 is 6.09 Å². The Morgan fingerprint density at radius 3 is 2.65 bits per heavy atom. The lowest BCUT2D eigenvalue weighted by atomic mass is 10.1. The third kappa shape index (κ3) is 2.17. The van der Waals surface area contributed by atoms with Gasteiger partial charge in [-0.1, -0.05) is 17.3 Å². The molecule has 1 heterocycles. The van der Waals surface area contributed by atoms with E-state index in [4.69, 9.17) is 10.8 Å². The number of amides is 1. The van der Waals surface area contributed by atoms with Gasteiger partial charge in [0, 0.05) is 18.3 Å². The van der Waals surface area contributed by atoms with Crippen molar-refractivity contribution in [2.45, 2.75) is 0 Å². The van der Waals surface area contributed by atoms with Crippen LogP contribution in [0.5, 0.6) is 0 Å². The van der Waals surface area contributed by atoms with Crippen LogP contribution < -0.4 is 11.1 Å². The van der Waals surface area contributed by atoms with Crippen molar-refractivity contribution in [1.82, 2.24) is 15.0 Å². The van der Waals surface area contributed by atoms with Crippen LogP contribution in [-0.4, -0.2) is 26.2 Å². The second kappa shape index (κ2) is 4.12. The van der Waals surface area contributed by atoms with Crippen molar-refractivity contribution in [3.63, 3.8) is 0 Å². The highest BCUT2D eigenvalue weighted by atomic mass is 16.4. The third-order valence-electron chi connectivity index (χ3n) is 2.24. The summed E-state index contributed by atoms with van der Waals surface area (Å²) in [6.45, 7) is 0. The lowest BCUT2D eigenvalue weighted by molar-refractivity contribution is 0.209. The summed E-state index contributed by atoms with van der Waals surface area (Å²) < 4.78 is 1.36. The molecule has 2 aromatic rings. The predicted molar refractivity (Wildman–Crippen MR) is 62.5 cm³/mol. The number of carbonyl (C=O) groups is 1. The molecule has 0 aliphatic rings. The standard InChI is InChI=1S/C10H11N5O2/c1-15-9(12-10(16)17)8(13-14-15)6-2-4-7(11)5-3-6/h2-5,12H,11H2,1H3,(H,16,17). The number of anilines is 2. The van der Waals surface area contributed by atoms with Crippen LogP contribution in [0.15, 0.2) is 24.3 Å². The Kier molecular flexibility index (Phi) is 2.65. The van der Waals surface area contributed by atoms with Gasteiger partial charge in [0.2, 0.25) is 0 Å². The van der Waals surface area contributed by atoms with Gasteiger partial charge in [-0.05, 0) is 12.1 Å². The molecule has 0 saturated heterocycles. The van der Waals surface area contributed by atoms with E-state index in [9.17, 15) is 4.79 Å². The molecule has 7 nitrogen and oxygen atoms in total. The number of nitrogens with zero attached hydrogens (tertiary/aromatic N) is 3. The monoisotopic (exact) mass is 233 g/mol. The van der Waals surface area contributed by atoms with Crippen molar-refractivity contribution >= 4 is 17.6 Å². The van der Waals surface area contributed by atoms with Crippen molar-refractivity contribution in [2.75, 3.05) is 11.1 Å². The van der Waals surface area contributed by atoms with E-state index in [0.29, 0.717) is 17.2 Å². The first-order valence-electron chi connectivity index (χ1n) is 4.83. The summed E-state index contributed by atoms with van der Waals surface area (Å²) in [5.41, 5.74) is 7.42. The molecule has 0 radical (unpaired) electrons. The molecule has 1 aromatic carbocycles. The van der Waals surface area contributed by atoms with Gasteiger partial charge in [-0.3, -0.25) is 5.32 Å². The number of nitrogens with two attached hydrogens (primary N) is 1. The summed E-state index contributed by atoms with van der Waals surface area (Å²) >= 11 is 0. The first-order valence-corrected chi connectivity index (χ1v) is 4.83. The van der Waals surface area contributed by atoms with E-state index >= 15 is 0 Å². The molecule has 17 heavy (non-hydrogen) atoms. The SMILES string of the molecule is Cn1nnc(-c2ccc(N)cc2)c1NC(=O)O. The molecule has 0 aliphatic carbocycles. The molecule has 0 aliphatic heterocycles. The molecule has 1 aromatic heterocycles. The lowest BCUT2D eigenvalue weighted by Gasteiger charge is -2.03. The molecule has 0 saturated carbocycles. The molecule has 0 unspecified atom stereocenters. The van der Waals surface area contributed by atoms with Crippen molar-refractivity contribution in [3.8, 4) is 11.3 Å². The quantitative estimate of drug-likeness (QED) is 0.675. The summed E-state index contributed by atoms with van der Waals surface area (Å²) in [4.78, 5) is 10.7. The minimum Gasteiger partial charge on any atom is -0.465 e. The molecule has 0 spiro atoms. The van der Waals surface area contributed by atoms with Crippen LogP contribution in [-0.2, 0) is 7.05 Å². The maximum absolute atomic E-state index is 10.7. The van der Waals surface area contributed by atoms with Crippen LogP contribution in [0.1, 0.15) is 0 Å². The minimum absolute atomic E-state index is 0.322. The molecule has 88 valence electrons. The number of hydrogen-bond donors (Lipinski definition) is 3. The van der Waals surface area contributed by atoms with Crippen molar-refractivity contribution in [3.05, 3.63) is 24.3 Å². The van der Waals surface area contributed by atoms with Gasteiger partial charge < -0.3 is 10.8 Å². The molecule has 1 amide bonds. The van der Waals surface area contributed by atoms with E-state index in [2.05, 4.69) is 15.6 Å². The second-order valence-corrected chi connectivity index (χ2v) is 3.46. The van der Waals surface area contributed by atoms with Crippen molar-refractivity contribution < 1.29 is 9.90 Å². The molecule has 0 fully saturated rings. The zero-order chi connectivity index (χ0) is 12.4. The number of aryl methyl sites for hydroxylation is 1. The van der Waals surface area contributed by atoms with E-state index in [1.54, 1.807) is 31.3 Å². The second-order valence-electron chi connectivity index (χ2n) is 3.46. The van der Waals surface area contributed by atoms with Crippen LogP contribution in [0.4, 0.5) is 16.3 Å². The van der Waals surface area contributed by atoms with E-state index in [1.807, 2.05) is 0 Å². The summed E-state index contributed by atoms with van der Waals surface area (Å²) in [5.74, 6) is 0.322. The first-order chi connectivity index (χ1) is 8.08. The van der Waals surface area contributed by atoms with E-state index in [0.717, 1.165) is 5.56 Å². The maximum atomic E-state index is 10.7.